The molecule has 2 aliphatic heterocycles. The van der Waals surface area contributed by atoms with E-state index in [1.807, 2.05) is 18.2 Å². The number of rotatable bonds is 4. The van der Waals surface area contributed by atoms with Gasteiger partial charge in [-0.1, -0.05) is 32.0 Å². The molecule has 0 aromatic heterocycles. The van der Waals surface area contributed by atoms with Gasteiger partial charge in [0.25, 0.3) is 5.91 Å². The highest BCUT2D eigenvalue weighted by Crippen LogP contribution is 2.31. The summed E-state index contributed by atoms with van der Waals surface area (Å²) < 4.78 is 0. The highest BCUT2D eigenvalue weighted by atomic mass is 16.2. The van der Waals surface area contributed by atoms with Crippen LogP contribution in [0.25, 0.3) is 0 Å². The Hall–Kier alpha value is -2.17. The van der Waals surface area contributed by atoms with Crippen LogP contribution in [-0.2, 0) is 9.59 Å². The Labute approximate surface area is 142 Å². The number of carbonyl (C=O) groups excluding carboxylic acids is 3. The van der Waals surface area contributed by atoms with E-state index < -0.39 is 6.04 Å². The zero-order chi connectivity index (χ0) is 17.3. The third kappa shape index (κ3) is 3.07. The average Bonchev–Trinajstić information content (AvgIpc) is 3.14. The Bertz CT molecular complexity index is 641. The van der Waals surface area contributed by atoms with Crippen LogP contribution in [0.2, 0.25) is 0 Å². The summed E-state index contributed by atoms with van der Waals surface area (Å²) in [6.07, 6.45) is 1.98. The van der Waals surface area contributed by atoms with Crippen molar-refractivity contribution in [3.8, 4) is 0 Å². The smallest absolute Gasteiger partial charge is 0.254 e. The van der Waals surface area contributed by atoms with E-state index in [-0.39, 0.29) is 30.2 Å². The van der Waals surface area contributed by atoms with Crippen LogP contribution in [-0.4, -0.2) is 52.6 Å². The first-order valence-corrected chi connectivity index (χ1v) is 8.67. The molecule has 0 saturated carbocycles. The molecule has 2 amide bonds. The van der Waals surface area contributed by atoms with Gasteiger partial charge in [0.15, 0.2) is 5.78 Å². The van der Waals surface area contributed by atoms with Gasteiger partial charge < -0.3 is 9.80 Å². The van der Waals surface area contributed by atoms with E-state index in [2.05, 4.69) is 13.8 Å². The second-order valence-corrected chi connectivity index (χ2v) is 7.09. The number of ketones is 1. The number of amides is 2. The molecule has 0 unspecified atom stereocenters. The molecule has 0 radical (unpaired) electrons. The number of hydrogen-bond donors (Lipinski definition) is 0. The second-order valence-electron chi connectivity index (χ2n) is 7.09. The maximum Gasteiger partial charge on any atom is 0.254 e. The van der Waals surface area contributed by atoms with Crippen LogP contribution in [0.5, 0.6) is 0 Å². The molecular weight excluding hydrogens is 304 g/mol. The number of hydrogen-bond acceptors (Lipinski definition) is 3. The van der Waals surface area contributed by atoms with Crippen molar-refractivity contribution < 1.29 is 14.4 Å². The molecule has 5 nitrogen and oxygen atoms in total. The van der Waals surface area contributed by atoms with Crippen molar-refractivity contribution in [2.45, 2.75) is 45.2 Å². The van der Waals surface area contributed by atoms with E-state index in [4.69, 9.17) is 0 Å². The highest BCUT2D eigenvalue weighted by Gasteiger charge is 2.51. The SMILES string of the molecule is CC(C)CCC(=O)N1CC[C@@H]2[C@H]1C(=O)CN2C(=O)c1ccccc1. The Morgan fingerprint density at radius 2 is 1.88 bits per heavy atom. The van der Waals surface area contributed by atoms with Crippen LogP contribution in [0.3, 0.4) is 0 Å². The minimum absolute atomic E-state index is 0.0142. The fraction of sp³-hybridized carbons (Fsp3) is 0.526. The minimum atomic E-state index is -0.447. The molecule has 3 rings (SSSR count). The highest BCUT2D eigenvalue weighted by molar-refractivity contribution is 6.02. The zero-order valence-corrected chi connectivity index (χ0v) is 14.3. The molecule has 1 aromatic carbocycles. The van der Waals surface area contributed by atoms with E-state index >= 15 is 0 Å². The number of nitrogens with zero attached hydrogens (tertiary/aromatic N) is 2. The van der Waals surface area contributed by atoms with Crippen LogP contribution in [0, 0.1) is 5.92 Å². The van der Waals surface area contributed by atoms with E-state index in [0.29, 0.717) is 30.9 Å². The van der Waals surface area contributed by atoms with Crippen molar-refractivity contribution in [2.24, 2.45) is 5.92 Å². The molecule has 1 aromatic rings. The molecule has 24 heavy (non-hydrogen) atoms. The van der Waals surface area contributed by atoms with Gasteiger partial charge in [0, 0.05) is 18.5 Å². The fourth-order valence-electron chi connectivity index (χ4n) is 3.67. The molecule has 2 aliphatic rings. The first-order valence-electron chi connectivity index (χ1n) is 8.67. The lowest BCUT2D eigenvalue weighted by molar-refractivity contribution is -0.136. The van der Waals surface area contributed by atoms with Crippen LogP contribution < -0.4 is 0 Å². The maximum atomic E-state index is 12.7. The summed E-state index contributed by atoms with van der Waals surface area (Å²) in [5, 5.41) is 0. The molecular formula is C19H24N2O3. The largest absolute Gasteiger partial charge is 0.330 e. The van der Waals surface area contributed by atoms with Gasteiger partial charge in [0.2, 0.25) is 5.91 Å². The summed E-state index contributed by atoms with van der Waals surface area (Å²) in [5.74, 6) is 0.369. The van der Waals surface area contributed by atoms with Gasteiger partial charge in [-0.25, -0.2) is 0 Å². The number of Topliss-reactive ketones (excluding diaryl/α,β-unsaturated/α-hetero) is 1. The van der Waals surface area contributed by atoms with Crippen molar-refractivity contribution in [2.75, 3.05) is 13.1 Å². The van der Waals surface area contributed by atoms with Crippen LogP contribution >= 0.6 is 0 Å². The van der Waals surface area contributed by atoms with E-state index in [9.17, 15) is 14.4 Å². The van der Waals surface area contributed by atoms with Crippen LogP contribution in [0.1, 0.15) is 43.5 Å². The Balaban J connectivity index is 1.72. The molecule has 2 fully saturated rings. The lowest BCUT2D eigenvalue weighted by Crippen LogP contribution is -2.43. The number of likely N-dealkylation sites (tertiary alicyclic amines) is 2. The van der Waals surface area contributed by atoms with Gasteiger partial charge >= 0.3 is 0 Å². The lowest BCUT2D eigenvalue weighted by atomic mass is 10.1. The monoisotopic (exact) mass is 328 g/mol. The Morgan fingerprint density at radius 1 is 1.17 bits per heavy atom. The third-order valence-electron chi connectivity index (χ3n) is 4.96. The molecule has 2 heterocycles. The molecule has 2 saturated heterocycles. The third-order valence-corrected chi connectivity index (χ3v) is 4.96. The van der Waals surface area contributed by atoms with E-state index in [1.54, 1.807) is 21.9 Å². The zero-order valence-electron chi connectivity index (χ0n) is 14.3. The Kier molecular flexibility index (Phi) is 4.69. The maximum absolute atomic E-state index is 12.7. The molecule has 128 valence electrons. The summed E-state index contributed by atoms with van der Waals surface area (Å²) in [6.45, 7) is 4.84. The number of benzene rings is 1. The second kappa shape index (κ2) is 6.75. The van der Waals surface area contributed by atoms with Crippen LogP contribution in [0.15, 0.2) is 30.3 Å². The quantitative estimate of drug-likeness (QED) is 0.851. The van der Waals surface area contributed by atoms with Crippen molar-refractivity contribution in [1.29, 1.82) is 0 Å². The van der Waals surface area contributed by atoms with Crippen molar-refractivity contribution >= 4 is 17.6 Å². The summed E-state index contributed by atoms with van der Waals surface area (Å²) in [4.78, 5) is 41.0. The molecule has 0 aliphatic carbocycles. The molecule has 0 bridgehead atoms. The predicted molar refractivity (Wildman–Crippen MR) is 90.5 cm³/mol. The van der Waals surface area contributed by atoms with Gasteiger partial charge in [-0.05, 0) is 30.9 Å². The van der Waals surface area contributed by atoms with Crippen molar-refractivity contribution in [3.63, 3.8) is 0 Å². The van der Waals surface area contributed by atoms with Crippen LogP contribution in [0.4, 0.5) is 0 Å². The lowest BCUT2D eigenvalue weighted by Gasteiger charge is -2.24. The summed E-state index contributed by atoms with van der Waals surface area (Å²) in [5.41, 5.74) is 0.593. The molecule has 0 spiro atoms. The van der Waals surface area contributed by atoms with Crippen molar-refractivity contribution in [3.05, 3.63) is 35.9 Å². The van der Waals surface area contributed by atoms with E-state index in [0.717, 1.165) is 6.42 Å². The standard InChI is InChI=1S/C19H24N2O3/c1-13(2)8-9-17(23)20-11-10-15-18(20)16(22)12-21(15)19(24)14-6-4-3-5-7-14/h3-7,13,15,18H,8-12H2,1-2H3/t15-,18+/m1/s1. The first kappa shape index (κ1) is 16.7. The van der Waals surface area contributed by atoms with Gasteiger partial charge in [-0.15, -0.1) is 0 Å². The topological polar surface area (TPSA) is 57.7 Å². The fourth-order valence-corrected chi connectivity index (χ4v) is 3.67. The first-order chi connectivity index (χ1) is 11.5. The summed E-state index contributed by atoms with van der Waals surface area (Å²) >= 11 is 0. The van der Waals surface area contributed by atoms with Crippen molar-refractivity contribution in [1.82, 2.24) is 9.80 Å². The predicted octanol–water partition coefficient (Wildman–Crippen LogP) is 2.12. The average molecular weight is 328 g/mol. The van der Waals surface area contributed by atoms with Gasteiger partial charge in [-0.3, -0.25) is 14.4 Å². The Morgan fingerprint density at radius 3 is 2.54 bits per heavy atom. The summed E-state index contributed by atoms with van der Waals surface area (Å²) in [7, 11) is 0. The van der Waals surface area contributed by atoms with Gasteiger partial charge in [0.1, 0.15) is 6.04 Å². The molecule has 0 N–H and O–H groups in total. The molecule has 5 heteroatoms. The van der Waals surface area contributed by atoms with Gasteiger partial charge in [0.05, 0.1) is 12.6 Å². The van der Waals surface area contributed by atoms with Gasteiger partial charge in [-0.2, -0.15) is 0 Å². The van der Waals surface area contributed by atoms with E-state index in [1.165, 1.54) is 0 Å². The number of fused-ring (bicyclic) bond motifs is 1. The molecule has 2 atom stereocenters. The summed E-state index contributed by atoms with van der Waals surface area (Å²) in [6, 6.07) is 8.41. The number of carbonyl (C=O) groups is 3. The minimum Gasteiger partial charge on any atom is -0.330 e. The normalized spacial score (nSPS) is 23.0.